The Balaban J connectivity index is 1.52. The maximum absolute atomic E-state index is 6.03. The molecule has 1 fully saturated rings. The van der Waals surface area contributed by atoms with Crippen molar-refractivity contribution in [1.29, 1.82) is 0 Å². The third-order valence-corrected chi connectivity index (χ3v) is 5.33. The first kappa shape index (κ1) is 17.0. The van der Waals surface area contributed by atoms with Crippen LogP contribution in [0.4, 0.5) is 0 Å². The molecule has 1 N–H and O–H groups in total. The minimum Gasteiger partial charge on any atom is -0.493 e. The van der Waals surface area contributed by atoms with Crippen LogP contribution in [-0.4, -0.2) is 19.7 Å². The highest BCUT2D eigenvalue weighted by Crippen LogP contribution is 2.27. The largest absolute Gasteiger partial charge is 0.493 e. The van der Waals surface area contributed by atoms with Crippen molar-refractivity contribution in [3.05, 3.63) is 65.7 Å². The summed E-state index contributed by atoms with van der Waals surface area (Å²) in [5, 5.41) is 3.42. The van der Waals surface area contributed by atoms with Gasteiger partial charge in [0.25, 0.3) is 0 Å². The van der Waals surface area contributed by atoms with Gasteiger partial charge in [-0.3, -0.25) is 0 Å². The van der Waals surface area contributed by atoms with Gasteiger partial charge in [-0.2, -0.15) is 0 Å². The molecule has 0 heterocycles. The molecule has 0 saturated heterocycles. The highest BCUT2D eigenvalue weighted by Gasteiger charge is 2.26. The molecule has 0 amide bonds. The van der Waals surface area contributed by atoms with Gasteiger partial charge in [-0.15, -0.1) is 0 Å². The van der Waals surface area contributed by atoms with Crippen LogP contribution < -0.4 is 10.1 Å². The zero-order valence-corrected chi connectivity index (χ0v) is 14.9. The van der Waals surface area contributed by atoms with E-state index in [4.69, 9.17) is 4.74 Å². The van der Waals surface area contributed by atoms with Crippen molar-refractivity contribution >= 4 is 0 Å². The quantitative estimate of drug-likeness (QED) is 0.790. The van der Waals surface area contributed by atoms with Gasteiger partial charge < -0.3 is 10.1 Å². The summed E-state index contributed by atoms with van der Waals surface area (Å²) in [6, 6.07) is 20.0. The highest BCUT2D eigenvalue weighted by molar-refractivity contribution is 5.29. The van der Waals surface area contributed by atoms with Gasteiger partial charge in [0.05, 0.1) is 6.61 Å². The molecule has 2 nitrogen and oxygen atoms in total. The molecule has 1 aliphatic rings. The number of hydrogen-bond donors (Lipinski definition) is 1. The van der Waals surface area contributed by atoms with Gasteiger partial charge in [0.2, 0.25) is 0 Å². The highest BCUT2D eigenvalue weighted by atomic mass is 16.5. The lowest BCUT2D eigenvalue weighted by atomic mass is 9.94. The lowest BCUT2D eigenvalue weighted by molar-refractivity contribution is 0.229. The molecule has 2 heteroatoms. The van der Waals surface area contributed by atoms with Crippen LogP contribution in [0.5, 0.6) is 5.75 Å². The molecule has 0 bridgehead atoms. The van der Waals surface area contributed by atoms with Crippen LogP contribution in [0.2, 0.25) is 0 Å². The molecule has 2 aromatic rings. The van der Waals surface area contributed by atoms with E-state index in [1.165, 1.54) is 30.4 Å². The smallest absolute Gasteiger partial charge is 0.119 e. The molecule has 3 unspecified atom stereocenters. The van der Waals surface area contributed by atoms with Crippen LogP contribution in [0.15, 0.2) is 54.6 Å². The summed E-state index contributed by atoms with van der Waals surface area (Å²) in [5.74, 6) is 2.17. The molecule has 2 aromatic carbocycles. The minimum absolute atomic E-state index is 0.535. The molecule has 128 valence electrons. The summed E-state index contributed by atoms with van der Waals surface area (Å²) >= 11 is 0. The van der Waals surface area contributed by atoms with Crippen LogP contribution in [0, 0.1) is 5.92 Å². The lowest BCUT2D eigenvalue weighted by Gasteiger charge is -2.19. The fraction of sp³-hybridized carbons (Fsp3) is 0.455. The Morgan fingerprint density at radius 1 is 1.04 bits per heavy atom. The van der Waals surface area contributed by atoms with Crippen LogP contribution in [0.25, 0.3) is 0 Å². The zero-order valence-electron chi connectivity index (χ0n) is 14.9. The molecule has 3 rings (SSSR count). The monoisotopic (exact) mass is 323 g/mol. The SMILES string of the molecule is CNC1CCCC1COc1ccc(CC(C)c2ccccc2)cc1. The molecule has 0 aromatic heterocycles. The minimum atomic E-state index is 0.535. The van der Waals surface area contributed by atoms with E-state index in [1.54, 1.807) is 0 Å². The van der Waals surface area contributed by atoms with Crippen molar-refractivity contribution in [3.63, 3.8) is 0 Å². The van der Waals surface area contributed by atoms with E-state index in [0.717, 1.165) is 18.8 Å². The Morgan fingerprint density at radius 3 is 2.50 bits per heavy atom. The molecule has 0 aliphatic heterocycles. The first-order valence-electron chi connectivity index (χ1n) is 9.20. The van der Waals surface area contributed by atoms with Crippen LogP contribution >= 0.6 is 0 Å². The van der Waals surface area contributed by atoms with Crippen molar-refractivity contribution in [2.75, 3.05) is 13.7 Å². The van der Waals surface area contributed by atoms with Gasteiger partial charge in [0.15, 0.2) is 0 Å². The van der Waals surface area contributed by atoms with Gasteiger partial charge in [-0.25, -0.2) is 0 Å². The van der Waals surface area contributed by atoms with Crippen molar-refractivity contribution in [3.8, 4) is 5.75 Å². The summed E-state index contributed by atoms with van der Waals surface area (Å²) < 4.78 is 6.03. The van der Waals surface area contributed by atoms with Gasteiger partial charge in [0, 0.05) is 12.0 Å². The Kier molecular flexibility index (Phi) is 5.92. The number of rotatable bonds is 7. The molecule has 24 heavy (non-hydrogen) atoms. The van der Waals surface area contributed by atoms with Crippen LogP contribution in [0.1, 0.15) is 43.2 Å². The Hall–Kier alpha value is -1.80. The van der Waals surface area contributed by atoms with Crippen LogP contribution in [0.3, 0.4) is 0 Å². The fourth-order valence-corrected chi connectivity index (χ4v) is 3.79. The maximum Gasteiger partial charge on any atom is 0.119 e. The fourth-order valence-electron chi connectivity index (χ4n) is 3.79. The number of ether oxygens (including phenoxy) is 1. The van der Waals surface area contributed by atoms with E-state index in [0.29, 0.717) is 17.9 Å². The lowest BCUT2D eigenvalue weighted by Crippen LogP contribution is -2.32. The predicted octanol–water partition coefficient (Wildman–Crippen LogP) is 4.80. The van der Waals surface area contributed by atoms with Gasteiger partial charge in [-0.1, -0.05) is 55.8 Å². The van der Waals surface area contributed by atoms with Crippen molar-refractivity contribution in [2.45, 2.75) is 44.6 Å². The summed E-state index contributed by atoms with van der Waals surface area (Å²) in [6.07, 6.45) is 4.93. The third-order valence-electron chi connectivity index (χ3n) is 5.33. The third kappa shape index (κ3) is 4.39. The number of nitrogens with one attached hydrogen (secondary N) is 1. The van der Waals surface area contributed by atoms with Crippen molar-refractivity contribution in [1.82, 2.24) is 5.32 Å². The molecule has 1 saturated carbocycles. The van der Waals surface area contributed by atoms with E-state index in [9.17, 15) is 0 Å². The van der Waals surface area contributed by atoms with E-state index < -0.39 is 0 Å². The topological polar surface area (TPSA) is 21.3 Å². The molecule has 1 aliphatic carbocycles. The Morgan fingerprint density at radius 2 is 1.79 bits per heavy atom. The Labute approximate surface area is 146 Å². The molecule has 0 spiro atoms. The van der Waals surface area contributed by atoms with Crippen molar-refractivity contribution < 1.29 is 4.74 Å². The Bertz CT molecular complexity index is 608. The number of hydrogen-bond acceptors (Lipinski definition) is 2. The van der Waals surface area contributed by atoms with Gasteiger partial charge >= 0.3 is 0 Å². The summed E-state index contributed by atoms with van der Waals surface area (Å²) in [4.78, 5) is 0. The van der Waals surface area contributed by atoms with E-state index in [-0.39, 0.29) is 0 Å². The standard InChI is InChI=1S/C22H29NO/c1-17(19-7-4-3-5-8-19)15-18-11-13-21(14-12-18)24-16-20-9-6-10-22(20)23-2/h3-5,7-8,11-14,17,20,22-23H,6,9-10,15-16H2,1-2H3. The molecule has 3 atom stereocenters. The summed E-state index contributed by atoms with van der Waals surface area (Å²) in [7, 11) is 2.06. The zero-order chi connectivity index (χ0) is 16.8. The number of benzene rings is 2. The molecular formula is C22H29NO. The van der Waals surface area contributed by atoms with E-state index >= 15 is 0 Å². The predicted molar refractivity (Wildman–Crippen MR) is 101 cm³/mol. The second kappa shape index (κ2) is 8.34. The van der Waals surface area contributed by atoms with E-state index in [2.05, 4.69) is 73.9 Å². The second-order valence-electron chi connectivity index (χ2n) is 7.06. The average Bonchev–Trinajstić information content (AvgIpc) is 3.09. The summed E-state index contributed by atoms with van der Waals surface area (Å²) in [5.41, 5.74) is 2.77. The van der Waals surface area contributed by atoms with Gasteiger partial charge in [0.1, 0.15) is 5.75 Å². The normalized spacial score (nSPS) is 21.6. The van der Waals surface area contributed by atoms with E-state index in [1.807, 2.05) is 0 Å². The van der Waals surface area contributed by atoms with Gasteiger partial charge in [-0.05, 0) is 55.5 Å². The molecule has 0 radical (unpaired) electrons. The van der Waals surface area contributed by atoms with Crippen LogP contribution in [-0.2, 0) is 6.42 Å². The molecular weight excluding hydrogens is 294 g/mol. The first-order valence-corrected chi connectivity index (χ1v) is 9.20. The average molecular weight is 323 g/mol. The second-order valence-corrected chi connectivity index (χ2v) is 7.06. The summed E-state index contributed by atoms with van der Waals surface area (Å²) in [6.45, 7) is 3.11. The maximum atomic E-state index is 6.03. The van der Waals surface area contributed by atoms with Crippen molar-refractivity contribution in [2.24, 2.45) is 5.92 Å². The first-order chi connectivity index (χ1) is 11.8.